The molecule has 2 N–H and O–H groups in total. The monoisotopic (exact) mass is 235 g/mol. The van der Waals surface area contributed by atoms with Crippen LogP contribution in [0.3, 0.4) is 0 Å². The van der Waals surface area contributed by atoms with Crippen LogP contribution in [-0.2, 0) is 4.79 Å². The van der Waals surface area contributed by atoms with Gasteiger partial charge in [0.05, 0.1) is 16.6 Å². The minimum atomic E-state index is -0.858. The summed E-state index contributed by atoms with van der Waals surface area (Å²) in [4.78, 5) is 24.0. The summed E-state index contributed by atoms with van der Waals surface area (Å²) in [7, 11) is 0. The molecule has 0 amide bonds. The third-order valence-electron chi connectivity index (χ3n) is 2.05. The van der Waals surface area contributed by atoms with E-state index in [1.165, 1.54) is 0 Å². The van der Waals surface area contributed by atoms with E-state index in [0.29, 0.717) is 0 Å². The van der Waals surface area contributed by atoms with Crippen molar-refractivity contribution in [1.29, 1.82) is 0 Å². The van der Waals surface area contributed by atoms with Gasteiger partial charge in [0.1, 0.15) is 0 Å². The van der Waals surface area contributed by atoms with Crippen molar-refractivity contribution in [3.63, 3.8) is 0 Å². The van der Waals surface area contributed by atoms with Gasteiger partial charge < -0.3 is 10.1 Å². The number of carboxylic acid groups (broad SMARTS) is 1. The van der Waals surface area contributed by atoms with E-state index < -0.39 is 5.97 Å². The molecule has 0 fully saturated rings. The van der Waals surface area contributed by atoms with Crippen molar-refractivity contribution in [1.82, 2.24) is 4.98 Å². The molecule has 0 bridgehead atoms. The number of carbonyl (C=O) groups is 1. The largest absolute Gasteiger partial charge is 0.481 e. The highest BCUT2D eigenvalue weighted by Gasteiger charge is 1.98. The smallest absolute Gasteiger partial charge is 0.307 e. The predicted molar refractivity (Wildman–Crippen MR) is 63.7 cm³/mol. The number of nitrogens with one attached hydrogen (secondary N) is 1. The molecule has 1 aromatic carbocycles. The van der Waals surface area contributed by atoms with Crippen LogP contribution in [0.25, 0.3) is 16.3 Å². The van der Waals surface area contributed by atoms with Crippen molar-refractivity contribution < 1.29 is 9.90 Å². The molecule has 0 radical (unpaired) electrons. The van der Waals surface area contributed by atoms with Gasteiger partial charge in [0.2, 0.25) is 0 Å². The van der Waals surface area contributed by atoms with Gasteiger partial charge in [-0.2, -0.15) is 0 Å². The van der Waals surface area contributed by atoms with Crippen molar-refractivity contribution in [2.24, 2.45) is 0 Å². The molecule has 16 heavy (non-hydrogen) atoms. The molecule has 0 spiro atoms. The zero-order valence-corrected chi connectivity index (χ0v) is 9.08. The number of hydrogen-bond acceptors (Lipinski definition) is 3. The summed E-state index contributed by atoms with van der Waals surface area (Å²) < 4.78 is 0.877. The highest BCUT2D eigenvalue weighted by molar-refractivity contribution is 7.16. The summed E-state index contributed by atoms with van der Waals surface area (Å²) in [6, 6.07) is 5.51. The summed E-state index contributed by atoms with van der Waals surface area (Å²) in [5.41, 5.74) is 1.70. The van der Waals surface area contributed by atoms with Gasteiger partial charge >= 0.3 is 10.8 Å². The number of hydrogen-bond donors (Lipinski definition) is 2. The number of aliphatic carboxylic acids is 1. The molecule has 0 saturated heterocycles. The third-order valence-corrected chi connectivity index (χ3v) is 2.89. The maximum Gasteiger partial charge on any atom is 0.307 e. The Balaban J connectivity index is 2.28. The van der Waals surface area contributed by atoms with Gasteiger partial charge in [-0.25, -0.2) is 0 Å². The summed E-state index contributed by atoms with van der Waals surface area (Å²) in [5, 5.41) is 8.47. The summed E-state index contributed by atoms with van der Waals surface area (Å²) >= 11 is 1.14. The first-order valence-corrected chi connectivity index (χ1v) is 5.48. The van der Waals surface area contributed by atoms with E-state index in [1.807, 2.05) is 18.2 Å². The van der Waals surface area contributed by atoms with E-state index in [0.717, 1.165) is 27.1 Å². The molecule has 1 heterocycles. The second kappa shape index (κ2) is 4.32. The first-order chi connectivity index (χ1) is 7.65. The Hall–Kier alpha value is -1.88. The molecule has 0 unspecified atom stereocenters. The van der Waals surface area contributed by atoms with Crippen LogP contribution in [0.5, 0.6) is 0 Å². The number of aromatic nitrogens is 1. The van der Waals surface area contributed by atoms with Crippen molar-refractivity contribution >= 4 is 33.6 Å². The molecule has 0 aliphatic rings. The fourth-order valence-electron chi connectivity index (χ4n) is 1.36. The summed E-state index contributed by atoms with van der Waals surface area (Å²) in [6.07, 6.45) is 3.32. The lowest BCUT2D eigenvalue weighted by atomic mass is 10.2. The molecular weight excluding hydrogens is 226 g/mol. The van der Waals surface area contributed by atoms with Crippen LogP contribution < -0.4 is 4.87 Å². The molecule has 0 aliphatic carbocycles. The Labute approximate surface area is 94.9 Å². The molecule has 5 heteroatoms. The maximum atomic E-state index is 11.1. The van der Waals surface area contributed by atoms with Crippen LogP contribution in [0.2, 0.25) is 0 Å². The minimum Gasteiger partial charge on any atom is -0.481 e. The van der Waals surface area contributed by atoms with E-state index in [-0.39, 0.29) is 11.3 Å². The quantitative estimate of drug-likeness (QED) is 0.855. The Kier molecular flexibility index (Phi) is 2.87. The van der Waals surface area contributed by atoms with Crippen molar-refractivity contribution in [2.45, 2.75) is 6.42 Å². The molecule has 2 aromatic rings. The van der Waals surface area contributed by atoms with Gasteiger partial charge in [-0.05, 0) is 17.7 Å². The third kappa shape index (κ3) is 2.38. The van der Waals surface area contributed by atoms with Gasteiger partial charge in [-0.3, -0.25) is 9.59 Å². The number of thiazole rings is 1. The Morgan fingerprint density at radius 1 is 1.50 bits per heavy atom. The van der Waals surface area contributed by atoms with Crippen molar-refractivity contribution in [3.8, 4) is 0 Å². The average Bonchev–Trinajstić information content (AvgIpc) is 2.56. The zero-order chi connectivity index (χ0) is 11.5. The van der Waals surface area contributed by atoms with Gasteiger partial charge in [-0.1, -0.05) is 29.6 Å². The van der Waals surface area contributed by atoms with E-state index in [1.54, 1.807) is 12.2 Å². The highest BCUT2D eigenvalue weighted by Crippen LogP contribution is 2.17. The molecule has 4 nitrogen and oxygen atoms in total. The molecular formula is C11H9NO3S. The number of benzene rings is 1. The fraction of sp³-hybridized carbons (Fsp3) is 0.0909. The predicted octanol–water partition coefficient (Wildman–Crippen LogP) is 2.08. The van der Waals surface area contributed by atoms with Gasteiger partial charge in [0.25, 0.3) is 0 Å². The second-order valence-electron chi connectivity index (χ2n) is 3.27. The van der Waals surface area contributed by atoms with Crippen LogP contribution in [0.15, 0.2) is 29.1 Å². The summed E-state index contributed by atoms with van der Waals surface area (Å²) in [6.45, 7) is 0. The molecule has 2 rings (SSSR count). The lowest BCUT2D eigenvalue weighted by Crippen LogP contribution is -1.89. The van der Waals surface area contributed by atoms with Crippen molar-refractivity contribution in [2.75, 3.05) is 0 Å². The van der Waals surface area contributed by atoms with E-state index >= 15 is 0 Å². The average molecular weight is 235 g/mol. The van der Waals surface area contributed by atoms with Gasteiger partial charge in [0, 0.05) is 0 Å². The van der Waals surface area contributed by atoms with Crippen LogP contribution in [-0.4, -0.2) is 16.1 Å². The van der Waals surface area contributed by atoms with Gasteiger partial charge in [0.15, 0.2) is 0 Å². The Morgan fingerprint density at radius 3 is 3.06 bits per heavy atom. The lowest BCUT2D eigenvalue weighted by molar-refractivity contribution is -0.135. The first-order valence-electron chi connectivity index (χ1n) is 4.66. The van der Waals surface area contributed by atoms with Gasteiger partial charge in [-0.15, -0.1) is 0 Å². The number of aromatic amines is 1. The number of carboxylic acids is 1. The normalized spacial score (nSPS) is 11.2. The Bertz CT molecular complexity index is 609. The van der Waals surface area contributed by atoms with E-state index in [4.69, 9.17) is 5.11 Å². The van der Waals surface area contributed by atoms with E-state index in [2.05, 4.69) is 4.98 Å². The van der Waals surface area contributed by atoms with Crippen molar-refractivity contribution in [3.05, 3.63) is 39.5 Å². The topological polar surface area (TPSA) is 70.2 Å². The van der Waals surface area contributed by atoms with Crippen LogP contribution in [0, 0.1) is 0 Å². The maximum absolute atomic E-state index is 11.1. The molecule has 0 atom stereocenters. The number of H-pyrrole nitrogens is 1. The SMILES string of the molecule is O=C(O)CC=Cc1ccc2[nH]c(=O)sc2c1. The lowest BCUT2D eigenvalue weighted by Gasteiger charge is -1.92. The number of rotatable bonds is 3. The summed E-state index contributed by atoms with van der Waals surface area (Å²) in [5.74, 6) is -0.858. The number of fused-ring (bicyclic) bond motifs is 1. The fourth-order valence-corrected chi connectivity index (χ4v) is 2.15. The van der Waals surface area contributed by atoms with Crippen LogP contribution >= 0.6 is 11.3 Å². The minimum absolute atomic E-state index is 0.00140. The Morgan fingerprint density at radius 2 is 2.31 bits per heavy atom. The molecule has 1 aromatic heterocycles. The molecule has 82 valence electrons. The van der Waals surface area contributed by atoms with Crippen LogP contribution in [0.4, 0.5) is 0 Å². The zero-order valence-electron chi connectivity index (χ0n) is 8.27. The standard InChI is InChI=1S/C11H9NO3S/c13-10(14)3-1-2-7-4-5-8-9(6-7)16-11(15)12-8/h1-2,4-6H,3H2,(H,12,15)(H,13,14). The molecule has 0 aliphatic heterocycles. The van der Waals surface area contributed by atoms with E-state index in [9.17, 15) is 9.59 Å². The molecule has 0 saturated carbocycles. The second-order valence-corrected chi connectivity index (χ2v) is 4.29. The highest BCUT2D eigenvalue weighted by atomic mass is 32.1. The van der Waals surface area contributed by atoms with Crippen LogP contribution in [0.1, 0.15) is 12.0 Å². The first kappa shape index (κ1) is 10.6.